The van der Waals surface area contributed by atoms with Crippen LogP contribution in [0, 0.1) is 11.8 Å². The van der Waals surface area contributed by atoms with Gasteiger partial charge in [-0.25, -0.2) is 0 Å². The molecule has 0 radical (unpaired) electrons. The van der Waals surface area contributed by atoms with E-state index in [1.165, 1.54) is 0 Å². The Morgan fingerprint density at radius 3 is 2.94 bits per heavy atom. The van der Waals surface area contributed by atoms with Crippen molar-refractivity contribution >= 4 is 45.6 Å². The normalized spacial score (nSPS) is 22.6. The predicted octanol–water partition coefficient (Wildman–Crippen LogP) is 2.92. The average Bonchev–Trinajstić information content (AvgIpc) is 2.94. The third-order valence-corrected chi connectivity index (χ3v) is 4.94. The maximum atomic E-state index is 12.0. The van der Waals surface area contributed by atoms with Gasteiger partial charge in [0.05, 0.1) is 3.79 Å². The van der Waals surface area contributed by atoms with Crippen LogP contribution in [0.4, 0.5) is 0 Å². The molecule has 2 atom stereocenters. The minimum Gasteiger partial charge on any atom is -0.352 e. The Balaban J connectivity index is 0.00000162. The molecule has 1 fully saturated rings. The van der Waals surface area contributed by atoms with E-state index in [1.807, 2.05) is 6.07 Å². The van der Waals surface area contributed by atoms with Crippen LogP contribution in [0.2, 0.25) is 0 Å². The van der Waals surface area contributed by atoms with Crippen molar-refractivity contribution in [2.24, 2.45) is 17.6 Å². The van der Waals surface area contributed by atoms with Crippen LogP contribution in [0.1, 0.15) is 24.8 Å². The number of thiophene rings is 1. The van der Waals surface area contributed by atoms with Gasteiger partial charge < -0.3 is 11.1 Å². The first-order chi connectivity index (χ1) is 8.20. The summed E-state index contributed by atoms with van der Waals surface area (Å²) in [7, 11) is 0. The number of hydrogen-bond acceptors (Lipinski definition) is 3. The van der Waals surface area contributed by atoms with Gasteiger partial charge in [-0.2, -0.15) is 0 Å². The summed E-state index contributed by atoms with van der Waals surface area (Å²) in [5.74, 6) is 0.673. The molecule has 1 aliphatic carbocycles. The molecule has 1 saturated carbocycles. The summed E-state index contributed by atoms with van der Waals surface area (Å²) in [6.07, 6.45) is 3.21. The van der Waals surface area contributed by atoms with E-state index in [2.05, 4.69) is 26.6 Å². The van der Waals surface area contributed by atoms with Crippen LogP contribution in [-0.2, 0) is 11.3 Å². The minimum absolute atomic E-state index is 0. The number of halogens is 2. The van der Waals surface area contributed by atoms with E-state index in [1.54, 1.807) is 11.3 Å². The van der Waals surface area contributed by atoms with Gasteiger partial charge in [0.2, 0.25) is 5.91 Å². The van der Waals surface area contributed by atoms with Gasteiger partial charge in [0.15, 0.2) is 0 Å². The van der Waals surface area contributed by atoms with E-state index < -0.39 is 0 Å². The van der Waals surface area contributed by atoms with E-state index in [9.17, 15) is 4.79 Å². The molecule has 3 N–H and O–H groups in total. The zero-order valence-electron chi connectivity index (χ0n) is 10.0. The highest BCUT2D eigenvalue weighted by molar-refractivity contribution is 9.11. The van der Waals surface area contributed by atoms with Crippen molar-refractivity contribution in [2.45, 2.75) is 25.8 Å². The molecule has 3 nitrogen and oxygen atoms in total. The standard InChI is InChI=1S/C12H17BrN2OS.ClH/c13-11-4-8(7-17-11)6-15-12(16)10-3-1-2-9(10)5-14;/h4,7,9-10H,1-3,5-6,14H2,(H,15,16);1H/t9-,10-;/m1./s1. The molecule has 102 valence electrons. The van der Waals surface area contributed by atoms with Crippen molar-refractivity contribution < 1.29 is 4.79 Å². The van der Waals surface area contributed by atoms with Gasteiger partial charge in [-0.3, -0.25) is 4.79 Å². The Hall–Kier alpha value is -0.100. The largest absolute Gasteiger partial charge is 0.352 e. The van der Waals surface area contributed by atoms with Gasteiger partial charge in [-0.05, 0) is 58.2 Å². The van der Waals surface area contributed by atoms with Gasteiger partial charge >= 0.3 is 0 Å². The fraction of sp³-hybridized carbons (Fsp3) is 0.583. The van der Waals surface area contributed by atoms with Crippen LogP contribution in [-0.4, -0.2) is 12.5 Å². The molecule has 0 saturated heterocycles. The summed E-state index contributed by atoms with van der Waals surface area (Å²) in [5, 5.41) is 5.06. The molecule has 18 heavy (non-hydrogen) atoms. The van der Waals surface area contributed by atoms with Gasteiger partial charge in [-0.1, -0.05) is 6.42 Å². The molecule has 1 aromatic rings. The van der Waals surface area contributed by atoms with Crippen LogP contribution in [0.3, 0.4) is 0 Å². The lowest BCUT2D eigenvalue weighted by Crippen LogP contribution is -2.34. The number of nitrogens with two attached hydrogens (primary N) is 1. The number of nitrogens with one attached hydrogen (secondary N) is 1. The van der Waals surface area contributed by atoms with E-state index in [0.717, 1.165) is 28.6 Å². The zero-order chi connectivity index (χ0) is 12.3. The molecule has 6 heteroatoms. The maximum Gasteiger partial charge on any atom is 0.223 e. The molecule has 1 amide bonds. The van der Waals surface area contributed by atoms with E-state index in [4.69, 9.17) is 5.73 Å². The summed E-state index contributed by atoms with van der Waals surface area (Å²) < 4.78 is 1.10. The molecular weight excluding hydrogens is 336 g/mol. The Morgan fingerprint density at radius 2 is 2.33 bits per heavy atom. The van der Waals surface area contributed by atoms with Crippen molar-refractivity contribution in [3.05, 3.63) is 20.8 Å². The Morgan fingerprint density at radius 1 is 1.56 bits per heavy atom. The zero-order valence-corrected chi connectivity index (χ0v) is 13.2. The lowest BCUT2D eigenvalue weighted by molar-refractivity contribution is -0.126. The molecule has 0 aliphatic heterocycles. The number of hydrogen-bond donors (Lipinski definition) is 2. The highest BCUT2D eigenvalue weighted by Gasteiger charge is 2.31. The molecule has 1 heterocycles. The Labute approximate surface area is 126 Å². The number of carbonyl (C=O) groups is 1. The van der Waals surface area contributed by atoms with Crippen LogP contribution in [0.5, 0.6) is 0 Å². The Kier molecular flexibility index (Phi) is 6.63. The van der Waals surface area contributed by atoms with Crippen LogP contribution in [0.15, 0.2) is 15.2 Å². The van der Waals surface area contributed by atoms with E-state index >= 15 is 0 Å². The smallest absolute Gasteiger partial charge is 0.223 e. The molecule has 2 rings (SSSR count). The topological polar surface area (TPSA) is 55.1 Å². The third kappa shape index (κ3) is 3.95. The van der Waals surface area contributed by atoms with Crippen molar-refractivity contribution in [3.63, 3.8) is 0 Å². The van der Waals surface area contributed by atoms with Crippen LogP contribution in [0.25, 0.3) is 0 Å². The van der Waals surface area contributed by atoms with E-state index in [0.29, 0.717) is 19.0 Å². The average molecular weight is 354 g/mol. The second-order valence-corrected chi connectivity index (χ2v) is 6.80. The highest BCUT2D eigenvalue weighted by atomic mass is 79.9. The Bertz CT molecular complexity index is 399. The molecule has 0 aromatic carbocycles. The van der Waals surface area contributed by atoms with Crippen molar-refractivity contribution in [1.82, 2.24) is 5.32 Å². The summed E-state index contributed by atoms with van der Waals surface area (Å²) in [6.45, 7) is 1.25. The quantitative estimate of drug-likeness (QED) is 0.874. The summed E-state index contributed by atoms with van der Waals surface area (Å²) in [6, 6.07) is 2.04. The monoisotopic (exact) mass is 352 g/mol. The molecule has 1 aromatic heterocycles. The van der Waals surface area contributed by atoms with Gasteiger partial charge in [-0.15, -0.1) is 23.7 Å². The molecule has 0 bridgehead atoms. The summed E-state index contributed by atoms with van der Waals surface area (Å²) in [4.78, 5) is 12.0. The highest BCUT2D eigenvalue weighted by Crippen LogP contribution is 2.31. The lowest BCUT2D eigenvalue weighted by atomic mass is 9.95. The first-order valence-corrected chi connectivity index (χ1v) is 7.58. The van der Waals surface area contributed by atoms with Gasteiger partial charge in [0, 0.05) is 12.5 Å². The fourth-order valence-corrected chi connectivity index (χ4v) is 3.63. The van der Waals surface area contributed by atoms with Crippen LogP contribution >= 0.6 is 39.7 Å². The molecule has 0 spiro atoms. The van der Waals surface area contributed by atoms with Crippen molar-refractivity contribution in [1.29, 1.82) is 0 Å². The maximum absolute atomic E-state index is 12.0. The van der Waals surface area contributed by atoms with E-state index in [-0.39, 0.29) is 24.2 Å². The number of amides is 1. The van der Waals surface area contributed by atoms with Crippen molar-refractivity contribution in [3.8, 4) is 0 Å². The molecule has 0 unspecified atom stereocenters. The van der Waals surface area contributed by atoms with Gasteiger partial charge in [0.1, 0.15) is 0 Å². The molecule has 1 aliphatic rings. The number of rotatable bonds is 4. The van der Waals surface area contributed by atoms with Crippen molar-refractivity contribution in [2.75, 3.05) is 6.54 Å². The van der Waals surface area contributed by atoms with Gasteiger partial charge in [0.25, 0.3) is 0 Å². The second kappa shape index (κ2) is 7.48. The molecular formula is C12H18BrClN2OS. The second-order valence-electron chi connectivity index (χ2n) is 4.51. The third-order valence-electron chi connectivity index (χ3n) is 3.39. The predicted molar refractivity (Wildman–Crippen MR) is 81.0 cm³/mol. The summed E-state index contributed by atoms with van der Waals surface area (Å²) in [5.41, 5.74) is 6.84. The minimum atomic E-state index is 0. The number of carbonyl (C=O) groups excluding carboxylic acids is 1. The fourth-order valence-electron chi connectivity index (χ4n) is 2.42. The SMILES string of the molecule is Cl.NC[C@H]1CCC[C@H]1C(=O)NCc1csc(Br)c1. The lowest BCUT2D eigenvalue weighted by Gasteiger charge is -2.17. The first kappa shape index (κ1) is 16.0. The van der Waals surface area contributed by atoms with Crippen LogP contribution < -0.4 is 11.1 Å². The summed E-state index contributed by atoms with van der Waals surface area (Å²) >= 11 is 5.05. The first-order valence-electron chi connectivity index (χ1n) is 5.91.